The molecule has 0 saturated heterocycles. The van der Waals surface area contributed by atoms with E-state index in [1.807, 2.05) is 37.3 Å². The number of pyridine rings is 1. The smallest absolute Gasteiger partial charge is 0.336 e. The number of hydrogen-bond acceptors (Lipinski definition) is 7. The second-order valence-electron chi connectivity index (χ2n) is 9.99. The number of carbonyl (C=O) groups is 2. The largest absolute Gasteiger partial charge is 0.492 e. The molecule has 7 nitrogen and oxygen atoms in total. The summed E-state index contributed by atoms with van der Waals surface area (Å²) in [6.45, 7) is 11.0. The quantitative estimate of drug-likeness (QED) is 0.110. The zero-order valence-electron chi connectivity index (χ0n) is 24.9. The molecule has 0 bridgehead atoms. The van der Waals surface area contributed by atoms with E-state index in [9.17, 15) is 9.59 Å². The molecule has 0 atom stereocenters. The molecule has 0 unspecified atom stereocenters. The van der Waals surface area contributed by atoms with Crippen LogP contribution in [0.25, 0.3) is 5.70 Å². The third-order valence-electron chi connectivity index (χ3n) is 6.49. The van der Waals surface area contributed by atoms with Gasteiger partial charge in [-0.25, -0.2) is 9.59 Å². The number of hydrogen-bond donors (Lipinski definition) is 0. The topological polar surface area (TPSA) is 78.0 Å². The van der Waals surface area contributed by atoms with E-state index in [0.717, 1.165) is 44.1 Å². The van der Waals surface area contributed by atoms with Crippen LogP contribution in [-0.2, 0) is 19.1 Å². The normalized spacial score (nSPS) is 13.2. The number of nitrogens with zero attached hydrogens (tertiary/aromatic N) is 2. The number of esters is 2. The average molecular weight is 593 g/mol. The number of ether oxygens (including phenoxy) is 3. The van der Waals surface area contributed by atoms with Gasteiger partial charge in [-0.1, -0.05) is 76.4 Å². The third-order valence-corrected chi connectivity index (χ3v) is 6.80. The van der Waals surface area contributed by atoms with Crippen LogP contribution in [0.1, 0.15) is 71.4 Å². The lowest BCUT2D eigenvalue weighted by Gasteiger charge is -2.31. The first-order valence-electron chi connectivity index (χ1n) is 14.6. The minimum absolute atomic E-state index is 0.0203. The maximum atomic E-state index is 13.7. The lowest BCUT2D eigenvalue weighted by Crippen LogP contribution is -2.28. The lowest BCUT2D eigenvalue weighted by molar-refractivity contribution is -0.138. The van der Waals surface area contributed by atoms with Gasteiger partial charge >= 0.3 is 11.9 Å². The first-order valence-corrected chi connectivity index (χ1v) is 15.0. The number of halogens is 1. The number of aromatic nitrogens is 1. The van der Waals surface area contributed by atoms with Crippen molar-refractivity contribution < 1.29 is 23.8 Å². The van der Waals surface area contributed by atoms with Crippen LogP contribution in [0.15, 0.2) is 84.2 Å². The van der Waals surface area contributed by atoms with Gasteiger partial charge in [0.2, 0.25) is 0 Å². The summed E-state index contributed by atoms with van der Waals surface area (Å²) in [7, 11) is 0. The molecule has 224 valence electrons. The van der Waals surface area contributed by atoms with Crippen molar-refractivity contribution in [3.8, 4) is 5.75 Å². The van der Waals surface area contributed by atoms with E-state index in [1.54, 1.807) is 35.5 Å². The van der Waals surface area contributed by atoms with Crippen LogP contribution in [0.2, 0.25) is 5.02 Å². The SMILES string of the molecule is C=C(CCC)COC(=O)C1=C(c2ccccn2)N(c2ccc(Cl)c(OCCCC)c2)C=C(C(=O)OC/C=C/CCC)C1. The predicted octanol–water partition coefficient (Wildman–Crippen LogP) is 8.22. The number of unbranched alkanes of at least 4 members (excludes halogenated alkanes) is 2. The van der Waals surface area contributed by atoms with E-state index in [0.29, 0.717) is 40.0 Å². The van der Waals surface area contributed by atoms with Crippen molar-refractivity contribution in [1.29, 1.82) is 0 Å². The fraction of sp³-hybridized carbons (Fsp3) is 0.382. The summed E-state index contributed by atoms with van der Waals surface area (Å²) in [6, 6.07) is 10.8. The fourth-order valence-electron chi connectivity index (χ4n) is 4.29. The summed E-state index contributed by atoms with van der Waals surface area (Å²) in [4.78, 5) is 33.2. The summed E-state index contributed by atoms with van der Waals surface area (Å²) < 4.78 is 17.2. The van der Waals surface area contributed by atoms with Gasteiger partial charge in [0.1, 0.15) is 19.0 Å². The van der Waals surface area contributed by atoms with E-state index in [4.69, 9.17) is 25.8 Å². The highest BCUT2D eigenvalue weighted by Crippen LogP contribution is 2.39. The molecule has 1 aliphatic rings. The van der Waals surface area contributed by atoms with Gasteiger partial charge in [-0.2, -0.15) is 0 Å². The highest BCUT2D eigenvalue weighted by Gasteiger charge is 2.32. The van der Waals surface area contributed by atoms with Gasteiger partial charge < -0.3 is 19.1 Å². The molecule has 1 aromatic heterocycles. The van der Waals surface area contributed by atoms with Gasteiger partial charge in [-0.05, 0) is 49.1 Å². The lowest BCUT2D eigenvalue weighted by atomic mass is 9.96. The molecule has 0 fully saturated rings. The van der Waals surface area contributed by atoms with Crippen molar-refractivity contribution >= 4 is 34.9 Å². The highest BCUT2D eigenvalue weighted by atomic mass is 35.5. The average Bonchev–Trinajstić information content (AvgIpc) is 3.00. The van der Waals surface area contributed by atoms with E-state index < -0.39 is 11.9 Å². The Morgan fingerprint density at radius 2 is 1.88 bits per heavy atom. The van der Waals surface area contributed by atoms with E-state index in [-0.39, 0.29) is 25.2 Å². The van der Waals surface area contributed by atoms with Crippen molar-refractivity contribution in [3.05, 3.63) is 95.0 Å². The van der Waals surface area contributed by atoms with Crippen LogP contribution < -0.4 is 9.64 Å². The van der Waals surface area contributed by atoms with E-state index in [1.165, 1.54) is 0 Å². The van der Waals surface area contributed by atoms with Crippen molar-refractivity contribution in [2.45, 2.75) is 65.7 Å². The van der Waals surface area contributed by atoms with Crippen molar-refractivity contribution in [2.75, 3.05) is 24.7 Å². The number of carbonyl (C=O) groups excluding carboxylic acids is 2. The maximum Gasteiger partial charge on any atom is 0.336 e. The van der Waals surface area contributed by atoms with E-state index >= 15 is 0 Å². The Balaban J connectivity index is 2.08. The molecule has 8 heteroatoms. The minimum atomic E-state index is -0.549. The molecule has 42 heavy (non-hydrogen) atoms. The van der Waals surface area contributed by atoms with Gasteiger partial charge in [0.05, 0.1) is 34.2 Å². The Morgan fingerprint density at radius 1 is 1.05 bits per heavy atom. The molecule has 2 heterocycles. The summed E-state index contributed by atoms with van der Waals surface area (Å²) in [5.41, 5.74) is 3.10. The van der Waals surface area contributed by atoms with Gasteiger partial charge in [-0.3, -0.25) is 4.98 Å². The second-order valence-corrected chi connectivity index (χ2v) is 10.4. The Kier molecular flexibility index (Phi) is 13.4. The van der Waals surface area contributed by atoms with Crippen LogP contribution in [0.4, 0.5) is 5.69 Å². The van der Waals surface area contributed by atoms with Gasteiger partial charge in [0, 0.05) is 30.6 Å². The van der Waals surface area contributed by atoms with Crippen LogP contribution >= 0.6 is 11.6 Å². The molecule has 0 radical (unpaired) electrons. The first-order chi connectivity index (χ1) is 20.4. The van der Waals surface area contributed by atoms with Crippen molar-refractivity contribution in [3.63, 3.8) is 0 Å². The molecule has 1 aliphatic heterocycles. The van der Waals surface area contributed by atoms with Crippen LogP contribution in [-0.4, -0.2) is 36.7 Å². The molecule has 0 N–H and O–H groups in total. The standard InChI is InChI=1S/C34H41ClN2O5/c1-5-8-10-13-20-41-33(38)26-21-28(34(39)42-24-25(4)14-7-3)32(30-15-11-12-18-36-30)37(23-26)27-16-17-29(35)31(22-27)40-19-9-6-2/h10-13,15-18,22-23H,4-9,14,19-21,24H2,1-3H3/b13-10+. The number of benzene rings is 1. The number of anilines is 1. The molecular formula is C34H41ClN2O5. The molecule has 0 amide bonds. The molecule has 3 rings (SSSR count). The summed E-state index contributed by atoms with van der Waals surface area (Å²) in [6.07, 6.45) is 12.6. The summed E-state index contributed by atoms with van der Waals surface area (Å²) in [5, 5.41) is 0.465. The Bertz CT molecular complexity index is 1320. The Labute approximate surface area is 254 Å². The molecule has 0 saturated carbocycles. The molecular weight excluding hydrogens is 552 g/mol. The molecule has 0 spiro atoms. The van der Waals surface area contributed by atoms with E-state index in [2.05, 4.69) is 25.4 Å². The zero-order chi connectivity index (χ0) is 30.3. The van der Waals surface area contributed by atoms with Gasteiger partial charge in [-0.15, -0.1) is 0 Å². The first kappa shape index (κ1) is 32.7. The van der Waals surface area contributed by atoms with Crippen molar-refractivity contribution in [1.82, 2.24) is 4.98 Å². The highest BCUT2D eigenvalue weighted by molar-refractivity contribution is 6.32. The van der Waals surface area contributed by atoms with Crippen LogP contribution in [0, 0.1) is 0 Å². The van der Waals surface area contributed by atoms with Crippen molar-refractivity contribution in [2.24, 2.45) is 0 Å². The fourth-order valence-corrected chi connectivity index (χ4v) is 4.46. The predicted molar refractivity (Wildman–Crippen MR) is 168 cm³/mol. The summed E-state index contributed by atoms with van der Waals surface area (Å²) in [5.74, 6) is -0.560. The van der Waals surface area contributed by atoms with Gasteiger partial charge in [0.15, 0.2) is 0 Å². The third kappa shape index (κ3) is 9.35. The monoisotopic (exact) mass is 592 g/mol. The zero-order valence-corrected chi connectivity index (χ0v) is 25.6. The maximum absolute atomic E-state index is 13.7. The van der Waals surface area contributed by atoms with Crippen LogP contribution in [0.3, 0.4) is 0 Å². The minimum Gasteiger partial charge on any atom is -0.492 e. The Hall–Kier alpha value is -3.84. The van der Waals surface area contributed by atoms with Crippen LogP contribution in [0.5, 0.6) is 5.75 Å². The molecule has 2 aromatic rings. The number of rotatable bonds is 16. The molecule has 1 aromatic carbocycles. The Morgan fingerprint density at radius 3 is 2.60 bits per heavy atom. The number of allylic oxidation sites excluding steroid dienone is 1. The van der Waals surface area contributed by atoms with Gasteiger partial charge in [0.25, 0.3) is 0 Å². The summed E-state index contributed by atoms with van der Waals surface area (Å²) >= 11 is 6.47. The second kappa shape index (κ2) is 17.2. The molecule has 0 aliphatic carbocycles.